The quantitative estimate of drug-likeness (QED) is 0.787. The predicted octanol–water partition coefficient (Wildman–Crippen LogP) is 0.735. The van der Waals surface area contributed by atoms with E-state index in [9.17, 15) is 8.42 Å². The van der Waals surface area contributed by atoms with Crippen molar-refractivity contribution in [3.05, 3.63) is 41.9 Å². The minimum absolute atomic E-state index is 0.134. The van der Waals surface area contributed by atoms with Crippen molar-refractivity contribution in [1.29, 1.82) is 0 Å². The largest absolute Gasteiger partial charge is 0.316 e. The van der Waals surface area contributed by atoms with Gasteiger partial charge in [0.15, 0.2) is 5.03 Å². The van der Waals surface area contributed by atoms with Crippen LogP contribution in [-0.2, 0) is 23.1 Å². The summed E-state index contributed by atoms with van der Waals surface area (Å²) in [7, 11) is -1.86. The summed E-state index contributed by atoms with van der Waals surface area (Å²) in [5.41, 5.74) is 1.33. The van der Waals surface area contributed by atoms with E-state index in [1.807, 2.05) is 6.07 Å². The zero-order chi connectivity index (χ0) is 15.3. The van der Waals surface area contributed by atoms with Gasteiger partial charge in [-0.05, 0) is 19.2 Å². The molecule has 0 aliphatic heterocycles. The van der Waals surface area contributed by atoms with Crippen LogP contribution in [0, 0.1) is 0 Å². The Labute approximate surface area is 124 Å². The van der Waals surface area contributed by atoms with Crippen molar-refractivity contribution in [1.82, 2.24) is 24.8 Å². The van der Waals surface area contributed by atoms with Gasteiger partial charge in [-0.25, -0.2) is 8.42 Å². The molecule has 0 spiro atoms. The molecule has 0 aliphatic rings. The average Bonchev–Trinajstić information content (AvgIpc) is 2.95. The number of rotatable bonds is 7. The predicted molar refractivity (Wildman–Crippen MR) is 78.9 cm³/mol. The third-order valence-corrected chi connectivity index (χ3v) is 5.00. The van der Waals surface area contributed by atoms with Crippen molar-refractivity contribution in [2.45, 2.75) is 25.0 Å². The summed E-state index contributed by atoms with van der Waals surface area (Å²) in [6, 6.07) is 5.44. The van der Waals surface area contributed by atoms with Crippen LogP contribution >= 0.6 is 0 Å². The lowest BCUT2D eigenvalue weighted by molar-refractivity contribution is 0.416. The van der Waals surface area contributed by atoms with Gasteiger partial charge in [0.1, 0.15) is 0 Å². The second kappa shape index (κ2) is 6.79. The molecule has 0 bridgehead atoms. The number of nitrogens with one attached hydrogen (secondary N) is 2. The molecule has 114 valence electrons. The van der Waals surface area contributed by atoms with Gasteiger partial charge in [0, 0.05) is 24.8 Å². The fourth-order valence-electron chi connectivity index (χ4n) is 2.01. The molecule has 0 saturated heterocycles. The Kier molecular flexibility index (Phi) is 5.05. The Hall–Kier alpha value is -1.77. The molecule has 2 rings (SSSR count). The molecule has 0 fully saturated rings. The molecule has 0 unspecified atom stereocenters. The highest BCUT2D eigenvalue weighted by molar-refractivity contribution is 7.89. The third-order valence-electron chi connectivity index (χ3n) is 3.06. The van der Waals surface area contributed by atoms with Crippen LogP contribution in [-0.4, -0.2) is 41.5 Å². The zero-order valence-corrected chi connectivity index (χ0v) is 12.9. The Balaban J connectivity index is 2.29. The number of hydrogen-bond acceptors (Lipinski definition) is 5. The van der Waals surface area contributed by atoms with E-state index in [4.69, 9.17) is 0 Å². The van der Waals surface area contributed by atoms with Crippen LogP contribution < -0.4 is 5.32 Å². The molecule has 7 nitrogen and oxygen atoms in total. The topological polar surface area (TPSA) is 91.0 Å². The molecule has 0 aliphatic carbocycles. The molecule has 0 aromatic carbocycles. The second-order valence-corrected chi connectivity index (χ2v) is 6.38. The normalized spacial score (nSPS) is 12.0. The lowest BCUT2D eigenvalue weighted by Gasteiger charge is -2.19. The standard InChI is InChI=1S/C13H19N5O2S/c1-3-18(10-12-6-4-5-7-15-12)21(19,20)13-11(8-14-2)9-16-17-13/h4-7,9,14H,3,8,10H2,1-2H3,(H,16,17). The van der Waals surface area contributed by atoms with E-state index in [0.717, 1.165) is 0 Å². The zero-order valence-electron chi connectivity index (χ0n) is 12.1. The minimum atomic E-state index is -3.62. The van der Waals surface area contributed by atoms with Gasteiger partial charge in [0.25, 0.3) is 10.0 Å². The SMILES string of the molecule is CCN(Cc1ccccn1)S(=O)(=O)c1[nH]ncc1CNC. The first kappa shape index (κ1) is 15.6. The van der Waals surface area contributed by atoms with E-state index in [1.165, 1.54) is 10.5 Å². The van der Waals surface area contributed by atoms with Gasteiger partial charge in [0.2, 0.25) is 0 Å². The van der Waals surface area contributed by atoms with E-state index in [0.29, 0.717) is 24.3 Å². The van der Waals surface area contributed by atoms with Crippen molar-refractivity contribution >= 4 is 10.0 Å². The van der Waals surface area contributed by atoms with Gasteiger partial charge in [-0.1, -0.05) is 13.0 Å². The lowest BCUT2D eigenvalue weighted by atomic mass is 10.3. The van der Waals surface area contributed by atoms with Crippen molar-refractivity contribution in [3.8, 4) is 0 Å². The minimum Gasteiger partial charge on any atom is -0.316 e. The van der Waals surface area contributed by atoms with Crippen LogP contribution in [0.15, 0.2) is 35.6 Å². The number of sulfonamides is 1. The van der Waals surface area contributed by atoms with Crippen molar-refractivity contribution < 1.29 is 8.42 Å². The Bertz CT molecular complexity index is 669. The summed E-state index contributed by atoms with van der Waals surface area (Å²) in [6.45, 7) is 2.83. The Morgan fingerprint density at radius 1 is 1.38 bits per heavy atom. The smallest absolute Gasteiger partial charge is 0.260 e. The maximum absolute atomic E-state index is 12.7. The van der Waals surface area contributed by atoms with Crippen molar-refractivity contribution in [2.24, 2.45) is 0 Å². The monoisotopic (exact) mass is 309 g/mol. The number of hydrogen-bond donors (Lipinski definition) is 2. The highest BCUT2D eigenvalue weighted by atomic mass is 32.2. The summed E-state index contributed by atoms with van der Waals surface area (Å²) in [5, 5.41) is 9.50. The van der Waals surface area contributed by atoms with Crippen LogP contribution in [0.2, 0.25) is 0 Å². The molecule has 21 heavy (non-hydrogen) atoms. The van der Waals surface area contributed by atoms with E-state index in [1.54, 1.807) is 32.3 Å². The molecular formula is C13H19N5O2S. The molecule has 2 heterocycles. The van der Waals surface area contributed by atoms with Crippen LogP contribution in [0.3, 0.4) is 0 Å². The fourth-order valence-corrected chi connectivity index (χ4v) is 3.53. The van der Waals surface area contributed by atoms with Crippen molar-refractivity contribution in [3.63, 3.8) is 0 Å². The summed E-state index contributed by atoms with van der Waals surface area (Å²) >= 11 is 0. The second-order valence-electron chi connectivity index (χ2n) is 4.51. The summed E-state index contributed by atoms with van der Waals surface area (Å²) in [4.78, 5) is 4.18. The molecule has 2 aromatic heterocycles. The first-order valence-electron chi connectivity index (χ1n) is 6.66. The van der Waals surface area contributed by atoms with Crippen LogP contribution in [0.4, 0.5) is 0 Å². The van der Waals surface area contributed by atoms with Gasteiger partial charge in [-0.3, -0.25) is 10.1 Å². The maximum Gasteiger partial charge on any atom is 0.260 e. The van der Waals surface area contributed by atoms with E-state index in [-0.39, 0.29) is 11.6 Å². The first-order chi connectivity index (χ1) is 10.1. The maximum atomic E-state index is 12.7. The summed E-state index contributed by atoms with van der Waals surface area (Å²) in [6.07, 6.45) is 3.18. The van der Waals surface area contributed by atoms with Crippen LogP contribution in [0.1, 0.15) is 18.2 Å². The lowest BCUT2D eigenvalue weighted by Crippen LogP contribution is -2.32. The molecule has 0 radical (unpaired) electrons. The average molecular weight is 309 g/mol. The first-order valence-corrected chi connectivity index (χ1v) is 8.10. The number of pyridine rings is 1. The third kappa shape index (κ3) is 3.46. The molecule has 0 saturated carbocycles. The van der Waals surface area contributed by atoms with E-state index >= 15 is 0 Å². The van der Waals surface area contributed by atoms with Crippen molar-refractivity contribution in [2.75, 3.05) is 13.6 Å². The van der Waals surface area contributed by atoms with Crippen LogP contribution in [0.25, 0.3) is 0 Å². The van der Waals surface area contributed by atoms with Gasteiger partial charge in [-0.15, -0.1) is 0 Å². The van der Waals surface area contributed by atoms with Gasteiger partial charge < -0.3 is 5.32 Å². The highest BCUT2D eigenvalue weighted by Gasteiger charge is 2.27. The van der Waals surface area contributed by atoms with Crippen LogP contribution in [0.5, 0.6) is 0 Å². The number of aromatic nitrogens is 3. The highest BCUT2D eigenvalue weighted by Crippen LogP contribution is 2.19. The summed E-state index contributed by atoms with van der Waals surface area (Å²) < 4.78 is 26.8. The molecule has 0 atom stereocenters. The number of aromatic amines is 1. The molecule has 8 heteroatoms. The van der Waals surface area contributed by atoms with Gasteiger partial charge >= 0.3 is 0 Å². The fraction of sp³-hybridized carbons (Fsp3) is 0.385. The summed E-state index contributed by atoms with van der Waals surface area (Å²) in [5.74, 6) is 0. The number of H-pyrrole nitrogens is 1. The molecule has 2 aromatic rings. The molecule has 2 N–H and O–H groups in total. The van der Waals surface area contributed by atoms with Gasteiger partial charge in [-0.2, -0.15) is 9.40 Å². The van der Waals surface area contributed by atoms with E-state index in [2.05, 4.69) is 20.5 Å². The molecule has 0 amide bonds. The molecular weight excluding hydrogens is 290 g/mol. The Morgan fingerprint density at radius 3 is 2.81 bits per heavy atom. The van der Waals surface area contributed by atoms with Gasteiger partial charge in [0.05, 0.1) is 18.4 Å². The Morgan fingerprint density at radius 2 is 2.19 bits per heavy atom. The van der Waals surface area contributed by atoms with E-state index < -0.39 is 10.0 Å². The number of nitrogens with zero attached hydrogens (tertiary/aromatic N) is 3.